The molecule has 2 aromatic carbocycles. The van der Waals surface area contributed by atoms with Gasteiger partial charge >= 0.3 is 0 Å². The van der Waals surface area contributed by atoms with Crippen molar-refractivity contribution in [3.63, 3.8) is 0 Å². The lowest BCUT2D eigenvalue weighted by Crippen LogP contribution is -2.36. The number of nitrogens with zero attached hydrogens (tertiary/aromatic N) is 1. The van der Waals surface area contributed by atoms with E-state index in [0.29, 0.717) is 34.8 Å². The van der Waals surface area contributed by atoms with Crippen molar-refractivity contribution in [1.82, 2.24) is 0 Å². The minimum Gasteiger partial charge on any atom is -0.481 e. The molecule has 6 heteroatoms. The number of hydrogen-bond donors (Lipinski definition) is 1. The van der Waals surface area contributed by atoms with Crippen LogP contribution in [0.15, 0.2) is 36.4 Å². The molecular formula is C21H19FN2O3. The van der Waals surface area contributed by atoms with Gasteiger partial charge < -0.3 is 15.0 Å². The Balaban J connectivity index is 1.59. The first-order valence-electron chi connectivity index (χ1n) is 9.26. The van der Waals surface area contributed by atoms with Gasteiger partial charge in [-0.25, -0.2) is 4.39 Å². The van der Waals surface area contributed by atoms with Crippen LogP contribution in [-0.2, 0) is 10.2 Å². The van der Waals surface area contributed by atoms with Crippen LogP contribution in [0.25, 0.3) is 0 Å². The van der Waals surface area contributed by atoms with Crippen molar-refractivity contribution >= 4 is 23.2 Å². The molecule has 0 atom stereocenters. The van der Waals surface area contributed by atoms with Crippen molar-refractivity contribution in [2.75, 3.05) is 23.4 Å². The molecule has 0 radical (unpaired) electrons. The molecule has 2 aliphatic heterocycles. The lowest BCUT2D eigenvalue weighted by Gasteiger charge is -2.26. The molecule has 5 rings (SSSR count). The van der Waals surface area contributed by atoms with Crippen LogP contribution >= 0.6 is 0 Å². The maximum atomic E-state index is 14.7. The van der Waals surface area contributed by atoms with Crippen LogP contribution in [-0.4, -0.2) is 25.0 Å². The molecule has 1 spiro atoms. The highest BCUT2D eigenvalue weighted by Crippen LogP contribution is 2.52. The summed E-state index contributed by atoms with van der Waals surface area (Å²) in [6, 6.07) is 10.1. The van der Waals surface area contributed by atoms with E-state index in [-0.39, 0.29) is 29.7 Å². The molecule has 0 bridgehead atoms. The Bertz CT molecular complexity index is 966. The number of ether oxygens (including phenoxy) is 1. The fraction of sp³-hybridized carbons (Fsp3) is 0.333. The topological polar surface area (TPSA) is 58.6 Å². The predicted octanol–water partition coefficient (Wildman–Crippen LogP) is 3.63. The summed E-state index contributed by atoms with van der Waals surface area (Å²) in [6.07, 6.45) is 3.88. The number of fused-ring (bicyclic) bond motifs is 3. The van der Waals surface area contributed by atoms with E-state index >= 15 is 0 Å². The second-order valence-corrected chi connectivity index (χ2v) is 7.53. The first kappa shape index (κ1) is 16.3. The van der Waals surface area contributed by atoms with Crippen molar-refractivity contribution in [1.29, 1.82) is 0 Å². The zero-order valence-electron chi connectivity index (χ0n) is 14.8. The molecule has 1 N–H and O–H groups in total. The molecule has 5 nitrogen and oxygen atoms in total. The first-order chi connectivity index (χ1) is 13.1. The van der Waals surface area contributed by atoms with E-state index in [4.69, 9.17) is 4.74 Å². The van der Waals surface area contributed by atoms with E-state index < -0.39 is 0 Å². The monoisotopic (exact) mass is 366 g/mol. The number of hydrogen-bond acceptors (Lipinski definition) is 3. The van der Waals surface area contributed by atoms with Gasteiger partial charge in [-0.15, -0.1) is 0 Å². The number of rotatable bonds is 1. The molecule has 0 aromatic heterocycles. The molecule has 1 fully saturated rings. The number of halogens is 1. The Kier molecular flexibility index (Phi) is 3.50. The largest absolute Gasteiger partial charge is 0.481 e. The molecular weight excluding hydrogens is 347 g/mol. The quantitative estimate of drug-likeness (QED) is 0.838. The van der Waals surface area contributed by atoms with Gasteiger partial charge in [-0.2, -0.15) is 0 Å². The second kappa shape index (κ2) is 5.81. The van der Waals surface area contributed by atoms with Gasteiger partial charge in [0, 0.05) is 17.5 Å². The zero-order chi connectivity index (χ0) is 18.6. The van der Waals surface area contributed by atoms with Gasteiger partial charge in [-0.05, 0) is 37.1 Å². The number of para-hydroxylation sites is 1. The molecule has 2 aromatic rings. The maximum Gasteiger partial charge on any atom is 0.262 e. The van der Waals surface area contributed by atoms with Crippen LogP contribution in [0.4, 0.5) is 15.8 Å². The lowest BCUT2D eigenvalue weighted by atomic mass is 9.80. The molecule has 138 valence electrons. The summed E-state index contributed by atoms with van der Waals surface area (Å²) in [5.74, 6) is -0.319. The SMILES string of the molecule is O=C1COc2c(cccc2C(=O)N2CC3(CCCC3)c3c(F)cccc32)N1. The summed E-state index contributed by atoms with van der Waals surface area (Å²) >= 11 is 0. The summed E-state index contributed by atoms with van der Waals surface area (Å²) in [5, 5.41) is 2.73. The van der Waals surface area contributed by atoms with E-state index in [0.717, 1.165) is 25.7 Å². The van der Waals surface area contributed by atoms with Gasteiger partial charge in [-0.3, -0.25) is 9.59 Å². The third-order valence-corrected chi connectivity index (χ3v) is 5.95. The maximum absolute atomic E-state index is 14.7. The van der Waals surface area contributed by atoms with Crippen molar-refractivity contribution in [3.05, 3.63) is 53.3 Å². The third kappa shape index (κ3) is 2.36. The average Bonchev–Trinajstić information content (AvgIpc) is 3.27. The second-order valence-electron chi connectivity index (χ2n) is 7.53. The number of carbonyl (C=O) groups excluding carboxylic acids is 2. The van der Waals surface area contributed by atoms with E-state index in [2.05, 4.69) is 5.32 Å². The normalized spacial score (nSPS) is 19.4. The van der Waals surface area contributed by atoms with Crippen LogP contribution in [0.2, 0.25) is 0 Å². The van der Waals surface area contributed by atoms with Gasteiger partial charge in [0.2, 0.25) is 0 Å². The number of carbonyl (C=O) groups is 2. The highest BCUT2D eigenvalue weighted by atomic mass is 19.1. The van der Waals surface area contributed by atoms with Crippen molar-refractivity contribution < 1.29 is 18.7 Å². The van der Waals surface area contributed by atoms with E-state index in [1.165, 1.54) is 6.07 Å². The average molecular weight is 366 g/mol. The highest BCUT2D eigenvalue weighted by molar-refractivity contribution is 6.11. The lowest BCUT2D eigenvalue weighted by molar-refractivity contribution is -0.118. The summed E-state index contributed by atoms with van der Waals surface area (Å²) in [6.45, 7) is 0.366. The van der Waals surface area contributed by atoms with Crippen molar-refractivity contribution in [2.45, 2.75) is 31.1 Å². The minimum absolute atomic E-state index is 0.119. The van der Waals surface area contributed by atoms with Crippen LogP contribution in [0.5, 0.6) is 5.75 Å². The Morgan fingerprint density at radius 2 is 1.93 bits per heavy atom. The summed E-state index contributed by atoms with van der Waals surface area (Å²) in [4.78, 5) is 26.7. The Morgan fingerprint density at radius 1 is 1.15 bits per heavy atom. The van der Waals surface area contributed by atoms with Crippen molar-refractivity contribution in [3.8, 4) is 5.75 Å². The van der Waals surface area contributed by atoms with Crippen molar-refractivity contribution in [2.24, 2.45) is 0 Å². The molecule has 1 aliphatic carbocycles. The predicted molar refractivity (Wildman–Crippen MR) is 98.8 cm³/mol. The molecule has 3 aliphatic rings. The van der Waals surface area contributed by atoms with Gasteiger partial charge in [0.1, 0.15) is 5.82 Å². The molecule has 2 amide bonds. The number of nitrogens with one attached hydrogen (secondary N) is 1. The van der Waals surface area contributed by atoms with Gasteiger partial charge in [0.25, 0.3) is 11.8 Å². The molecule has 27 heavy (non-hydrogen) atoms. The number of anilines is 2. The summed E-state index contributed by atoms with van der Waals surface area (Å²) < 4.78 is 20.3. The van der Waals surface area contributed by atoms with E-state index in [9.17, 15) is 14.0 Å². The number of benzene rings is 2. The van der Waals surface area contributed by atoms with E-state index in [1.807, 2.05) is 6.07 Å². The molecule has 0 saturated heterocycles. The fourth-order valence-corrected chi connectivity index (χ4v) is 4.80. The first-order valence-corrected chi connectivity index (χ1v) is 9.26. The minimum atomic E-state index is -0.291. The molecule has 0 unspecified atom stereocenters. The molecule has 1 saturated carbocycles. The van der Waals surface area contributed by atoms with Gasteiger partial charge in [-0.1, -0.05) is 25.0 Å². The van der Waals surface area contributed by atoms with E-state index in [1.54, 1.807) is 29.2 Å². The van der Waals surface area contributed by atoms with Gasteiger partial charge in [0.15, 0.2) is 12.4 Å². The third-order valence-electron chi connectivity index (χ3n) is 5.95. The summed E-state index contributed by atoms with van der Waals surface area (Å²) in [7, 11) is 0. The smallest absolute Gasteiger partial charge is 0.262 e. The summed E-state index contributed by atoms with van der Waals surface area (Å²) in [5.41, 5.74) is 1.92. The molecule has 2 heterocycles. The zero-order valence-corrected chi connectivity index (χ0v) is 14.8. The Labute approximate surface area is 156 Å². The van der Waals surface area contributed by atoms with Gasteiger partial charge in [0.05, 0.1) is 16.9 Å². The standard InChI is InChI=1S/C21H19FN2O3/c22-14-6-4-8-16-18(14)21(9-1-2-10-21)12-24(16)20(26)13-5-3-7-15-19(13)27-11-17(25)23-15/h3-8H,1-2,9-12H2,(H,23,25). The van der Waals surface area contributed by atoms with Crippen LogP contribution < -0.4 is 15.0 Å². The van der Waals surface area contributed by atoms with Crippen LogP contribution in [0.3, 0.4) is 0 Å². The van der Waals surface area contributed by atoms with Crippen LogP contribution in [0, 0.1) is 5.82 Å². The number of amides is 2. The fourth-order valence-electron chi connectivity index (χ4n) is 4.80. The Hall–Kier alpha value is -2.89. The van der Waals surface area contributed by atoms with Crippen LogP contribution in [0.1, 0.15) is 41.6 Å². The Morgan fingerprint density at radius 3 is 2.74 bits per heavy atom. The highest BCUT2D eigenvalue weighted by Gasteiger charge is 2.48.